The number of halogens is 1. The second-order valence-electron chi connectivity index (χ2n) is 7.00. The van der Waals surface area contributed by atoms with Crippen molar-refractivity contribution in [3.63, 3.8) is 0 Å². The van der Waals surface area contributed by atoms with Crippen LogP contribution in [-0.2, 0) is 19.8 Å². The molecular weight excluding hydrogens is 393 g/mol. The minimum atomic E-state index is -5.19. The molecule has 2 saturated heterocycles. The van der Waals surface area contributed by atoms with Crippen molar-refractivity contribution in [2.24, 2.45) is 0 Å². The SMILES string of the molecule is O=C1CCC(n2c(=O)oc3c(S(=O)(=O)F)c(C4CCNCC4)ccc32)C(=O)N1. The van der Waals surface area contributed by atoms with Crippen molar-refractivity contribution >= 4 is 33.1 Å². The molecule has 150 valence electrons. The van der Waals surface area contributed by atoms with Crippen LogP contribution < -0.4 is 16.4 Å². The highest BCUT2D eigenvalue weighted by molar-refractivity contribution is 7.86. The lowest BCUT2D eigenvalue weighted by Crippen LogP contribution is -2.43. The third-order valence-electron chi connectivity index (χ3n) is 5.31. The van der Waals surface area contributed by atoms with Crippen molar-refractivity contribution < 1.29 is 26.3 Å². The number of nitrogens with zero attached hydrogens (tertiary/aromatic N) is 1. The number of hydrogen-bond acceptors (Lipinski definition) is 7. The van der Waals surface area contributed by atoms with Gasteiger partial charge in [-0.3, -0.25) is 19.5 Å². The van der Waals surface area contributed by atoms with Crippen molar-refractivity contribution in [3.05, 3.63) is 28.2 Å². The molecule has 2 fully saturated rings. The molecule has 28 heavy (non-hydrogen) atoms. The molecule has 2 amide bonds. The number of carbonyl (C=O) groups excluding carboxylic acids is 2. The normalized spacial score (nSPS) is 21.8. The van der Waals surface area contributed by atoms with E-state index in [9.17, 15) is 26.7 Å². The van der Waals surface area contributed by atoms with Gasteiger partial charge in [0.2, 0.25) is 11.8 Å². The highest BCUT2D eigenvalue weighted by Gasteiger charge is 2.35. The van der Waals surface area contributed by atoms with Crippen LogP contribution >= 0.6 is 0 Å². The van der Waals surface area contributed by atoms with Crippen LogP contribution in [0.2, 0.25) is 0 Å². The van der Waals surface area contributed by atoms with Crippen LogP contribution in [0.25, 0.3) is 11.1 Å². The van der Waals surface area contributed by atoms with Crippen LogP contribution in [0.4, 0.5) is 3.89 Å². The van der Waals surface area contributed by atoms with E-state index in [1.807, 2.05) is 0 Å². The first-order valence-electron chi connectivity index (χ1n) is 8.94. The Morgan fingerprint density at radius 1 is 1.11 bits per heavy atom. The number of hydrogen-bond donors (Lipinski definition) is 2. The molecule has 11 heteroatoms. The molecule has 9 nitrogen and oxygen atoms in total. The van der Waals surface area contributed by atoms with Gasteiger partial charge in [0.15, 0.2) is 5.58 Å². The summed E-state index contributed by atoms with van der Waals surface area (Å²) in [5.74, 6) is -2.32. The topological polar surface area (TPSA) is 127 Å². The quantitative estimate of drug-likeness (QED) is 0.562. The van der Waals surface area contributed by atoms with Gasteiger partial charge in [-0.1, -0.05) is 6.07 Å². The Balaban J connectivity index is 1.92. The van der Waals surface area contributed by atoms with Crippen molar-refractivity contribution in [3.8, 4) is 0 Å². The molecule has 0 radical (unpaired) electrons. The summed E-state index contributed by atoms with van der Waals surface area (Å²) in [6, 6.07) is 1.91. The number of benzene rings is 1. The van der Waals surface area contributed by atoms with Crippen LogP contribution in [0.5, 0.6) is 0 Å². The van der Waals surface area contributed by atoms with Gasteiger partial charge in [-0.2, -0.15) is 8.42 Å². The van der Waals surface area contributed by atoms with Crippen LogP contribution in [0.15, 0.2) is 26.2 Å². The second-order valence-corrected chi connectivity index (χ2v) is 8.28. The largest absolute Gasteiger partial charge is 0.420 e. The van der Waals surface area contributed by atoms with Gasteiger partial charge >= 0.3 is 16.0 Å². The molecule has 1 aromatic heterocycles. The van der Waals surface area contributed by atoms with E-state index in [0.717, 1.165) is 4.57 Å². The Morgan fingerprint density at radius 2 is 1.82 bits per heavy atom. The van der Waals surface area contributed by atoms with Gasteiger partial charge in [0.25, 0.3) is 0 Å². The number of imide groups is 1. The van der Waals surface area contributed by atoms with E-state index in [0.29, 0.717) is 25.9 Å². The van der Waals surface area contributed by atoms with E-state index >= 15 is 0 Å². The maximum Gasteiger partial charge on any atom is 0.420 e. The first kappa shape index (κ1) is 18.8. The van der Waals surface area contributed by atoms with Gasteiger partial charge < -0.3 is 9.73 Å². The maximum atomic E-state index is 14.2. The fourth-order valence-electron chi connectivity index (χ4n) is 4.02. The van der Waals surface area contributed by atoms with Gasteiger partial charge in [0.1, 0.15) is 10.9 Å². The summed E-state index contributed by atoms with van der Waals surface area (Å²) in [7, 11) is -5.19. The summed E-state index contributed by atoms with van der Waals surface area (Å²) in [5, 5.41) is 5.29. The fourth-order valence-corrected chi connectivity index (χ4v) is 4.90. The zero-order valence-electron chi connectivity index (χ0n) is 14.7. The van der Waals surface area contributed by atoms with E-state index < -0.39 is 44.3 Å². The molecule has 2 aliphatic rings. The van der Waals surface area contributed by atoms with Gasteiger partial charge in [0, 0.05) is 6.42 Å². The number of carbonyl (C=O) groups is 2. The number of oxazole rings is 1. The number of nitrogens with one attached hydrogen (secondary N) is 2. The Labute approximate surface area is 159 Å². The average molecular weight is 411 g/mol. The number of aromatic nitrogens is 1. The molecule has 3 heterocycles. The molecular formula is C17H18FN3O6S. The van der Waals surface area contributed by atoms with Crippen LogP contribution in [-0.4, -0.2) is 37.9 Å². The zero-order valence-corrected chi connectivity index (χ0v) is 15.6. The molecule has 4 rings (SSSR count). The third-order valence-corrected chi connectivity index (χ3v) is 6.22. The van der Waals surface area contributed by atoms with Crippen molar-refractivity contribution in [2.75, 3.05) is 13.1 Å². The fraction of sp³-hybridized carbons (Fsp3) is 0.471. The molecule has 0 saturated carbocycles. The summed E-state index contributed by atoms with van der Waals surface area (Å²) in [4.78, 5) is 35.3. The lowest BCUT2D eigenvalue weighted by Gasteiger charge is -2.24. The molecule has 2 aromatic rings. The van der Waals surface area contributed by atoms with Crippen molar-refractivity contribution in [2.45, 2.75) is 42.5 Å². The Hall–Kier alpha value is -2.53. The minimum absolute atomic E-state index is 0.00779. The third kappa shape index (κ3) is 3.14. The van der Waals surface area contributed by atoms with Crippen LogP contribution in [0.1, 0.15) is 43.2 Å². The molecule has 1 atom stereocenters. The predicted molar refractivity (Wildman–Crippen MR) is 95.0 cm³/mol. The second kappa shape index (κ2) is 6.82. The Morgan fingerprint density at radius 3 is 2.46 bits per heavy atom. The van der Waals surface area contributed by atoms with Crippen LogP contribution in [0.3, 0.4) is 0 Å². The number of amides is 2. The van der Waals surface area contributed by atoms with E-state index in [1.165, 1.54) is 12.1 Å². The number of piperidine rings is 2. The van der Waals surface area contributed by atoms with E-state index in [-0.39, 0.29) is 29.8 Å². The first-order chi connectivity index (χ1) is 13.3. The molecule has 0 aliphatic carbocycles. The average Bonchev–Trinajstić information content (AvgIpc) is 2.96. The lowest BCUT2D eigenvalue weighted by atomic mass is 9.90. The molecule has 2 N–H and O–H groups in total. The first-order valence-corrected chi connectivity index (χ1v) is 10.3. The highest BCUT2D eigenvalue weighted by atomic mass is 32.3. The van der Waals surface area contributed by atoms with Gasteiger partial charge in [0.05, 0.1) is 5.52 Å². The zero-order chi connectivity index (χ0) is 20.1. The van der Waals surface area contributed by atoms with E-state index in [2.05, 4.69) is 10.6 Å². The lowest BCUT2D eigenvalue weighted by molar-refractivity contribution is -0.135. The van der Waals surface area contributed by atoms with Crippen molar-refractivity contribution in [1.82, 2.24) is 15.2 Å². The van der Waals surface area contributed by atoms with Crippen molar-refractivity contribution in [1.29, 1.82) is 0 Å². The van der Waals surface area contributed by atoms with Gasteiger partial charge in [-0.15, -0.1) is 3.89 Å². The summed E-state index contributed by atoms with van der Waals surface area (Å²) in [5.41, 5.74) is -0.123. The molecule has 2 aliphatic heterocycles. The summed E-state index contributed by atoms with van der Waals surface area (Å²) in [6.45, 7) is 1.32. The summed E-state index contributed by atoms with van der Waals surface area (Å²) in [6.07, 6.45) is 1.32. The summed E-state index contributed by atoms with van der Waals surface area (Å²) >= 11 is 0. The molecule has 0 bridgehead atoms. The van der Waals surface area contributed by atoms with E-state index in [1.54, 1.807) is 0 Å². The maximum absolute atomic E-state index is 14.2. The summed E-state index contributed by atoms with van der Waals surface area (Å²) < 4.78 is 44.2. The predicted octanol–water partition coefficient (Wildman–Crippen LogP) is 0.697. The Bertz CT molecular complexity index is 1130. The monoisotopic (exact) mass is 411 g/mol. The van der Waals surface area contributed by atoms with E-state index in [4.69, 9.17) is 4.42 Å². The van der Waals surface area contributed by atoms with Gasteiger partial charge in [-0.05, 0) is 49.9 Å². The molecule has 0 spiro atoms. The Kier molecular flexibility index (Phi) is 4.58. The molecule has 1 aromatic carbocycles. The highest BCUT2D eigenvalue weighted by Crippen LogP contribution is 2.37. The number of fused-ring (bicyclic) bond motifs is 1. The number of rotatable bonds is 3. The van der Waals surface area contributed by atoms with Crippen LogP contribution in [0, 0.1) is 0 Å². The minimum Gasteiger partial charge on any atom is -0.406 e. The van der Waals surface area contributed by atoms with Gasteiger partial charge in [-0.25, -0.2) is 4.79 Å². The molecule has 1 unspecified atom stereocenters. The standard InChI is InChI=1S/C17H18FN3O6S/c18-28(25,26)15-10(9-5-7-19-8-6-9)1-2-11-14(15)27-17(24)21(11)12-3-4-13(22)20-16(12)23/h1-2,9,12,19H,3-8H2,(H,20,22,23). The smallest absolute Gasteiger partial charge is 0.406 e.